The lowest BCUT2D eigenvalue weighted by Gasteiger charge is -2.02. The number of non-ortho nitro benzene ring substituents is 1. The number of sulfone groups is 1. The van der Waals surface area contributed by atoms with Gasteiger partial charge in [-0.2, -0.15) is 5.26 Å². The second-order valence-corrected chi connectivity index (χ2v) is 5.86. The van der Waals surface area contributed by atoms with Crippen LogP contribution in [0, 0.1) is 21.4 Å². The van der Waals surface area contributed by atoms with Crippen molar-refractivity contribution in [1.82, 2.24) is 0 Å². The van der Waals surface area contributed by atoms with Crippen LogP contribution in [0.2, 0.25) is 0 Å². The van der Waals surface area contributed by atoms with Crippen LogP contribution in [0.15, 0.2) is 29.2 Å². The minimum absolute atomic E-state index is 0.0315. The summed E-state index contributed by atoms with van der Waals surface area (Å²) >= 11 is 0. The number of allylic oxidation sites excluding steroid dienone is 1. The van der Waals surface area contributed by atoms with Crippen molar-refractivity contribution in [3.05, 3.63) is 44.8 Å². The third-order valence-corrected chi connectivity index (χ3v) is 3.96. The minimum Gasteiger partial charge on any atom is -0.384 e. The fourth-order valence-electron chi connectivity index (χ4n) is 1.37. The molecule has 0 saturated carbocycles. The Morgan fingerprint density at radius 1 is 1.55 bits per heavy atom. The fourth-order valence-corrected chi connectivity index (χ4v) is 2.43. The minimum atomic E-state index is -3.76. The summed E-state index contributed by atoms with van der Waals surface area (Å²) in [6.07, 6.45) is 1.11. The van der Waals surface area contributed by atoms with E-state index < -0.39 is 19.7 Å². The van der Waals surface area contributed by atoms with E-state index in [1.807, 2.05) is 0 Å². The number of ether oxygens (including phenoxy) is 1. The number of nitrogens with zero attached hydrogens (tertiary/aromatic N) is 2. The van der Waals surface area contributed by atoms with Gasteiger partial charge in [0.1, 0.15) is 11.0 Å². The first-order valence-electron chi connectivity index (χ1n) is 5.48. The first-order valence-corrected chi connectivity index (χ1v) is 7.14. The van der Waals surface area contributed by atoms with Crippen molar-refractivity contribution in [2.75, 3.05) is 19.5 Å². The van der Waals surface area contributed by atoms with Crippen LogP contribution >= 0.6 is 0 Å². The first kappa shape index (κ1) is 15.8. The second kappa shape index (κ2) is 6.79. The van der Waals surface area contributed by atoms with Crippen LogP contribution in [0.5, 0.6) is 0 Å². The fraction of sp³-hybridized carbons (Fsp3) is 0.250. The van der Waals surface area contributed by atoms with Crippen molar-refractivity contribution in [3.63, 3.8) is 0 Å². The lowest BCUT2D eigenvalue weighted by molar-refractivity contribution is -0.384. The van der Waals surface area contributed by atoms with Gasteiger partial charge in [0, 0.05) is 19.2 Å². The number of methoxy groups -OCH3 is 1. The van der Waals surface area contributed by atoms with Gasteiger partial charge < -0.3 is 4.74 Å². The average molecular weight is 296 g/mol. The highest BCUT2D eigenvalue weighted by Gasteiger charge is 2.17. The normalized spacial score (nSPS) is 11.9. The Morgan fingerprint density at radius 2 is 2.25 bits per heavy atom. The molecule has 20 heavy (non-hydrogen) atoms. The van der Waals surface area contributed by atoms with Gasteiger partial charge in [-0.05, 0) is 11.6 Å². The molecule has 0 saturated heterocycles. The van der Waals surface area contributed by atoms with Crippen molar-refractivity contribution in [1.29, 1.82) is 5.26 Å². The van der Waals surface area contributed by atoms with Crippen LogP contribution < -0.4 is 0 Å². The highest BCUT2D eigenvalue weighted by atomic mass is 32.2. The Kier molecular flexibility index (Phi) is 5.37. The van der Waals surface area contributed by atoms with Gasteiger partial charge in [-0.25, -0.2) is 8.42 Å². The molecule has 0 unspecified atom stereocenters. The molecule has 0 spiro atoms. The zero-order valence-corrected chi connectivity index (χ0v) is 11.5. The van der Waals surface area contributed by atoms with Gasteiger partial charge in [0.25, 0.3) is 5.69 Å². The number of hydrogen-bond donors (Lipinski definition) is 0. The van der Waals surface area contributed by atoms with E-state index in [9.17, 15) is 18.5 Å². The standard InChI is InChI=1S/C12H12N2O5S/c1-19-5-6-20(17,18)12(9-13)8-10-3-2-4-11(7-10)14(15)16/h2-4,7-8H,5-6H2,1H3. The van der Waals surface area contributed by atoms with Crippen LogP contribution in [-0.2, 0) is 14.6 Å². The lowest BCUT2D eigenvalue weighted by atomic mass is 10.2. The van der Waals surface area contributed by atoms with Crippen molar-refractivity contribution in [2.24, 2.45) is 0 Å². The lowest BCUT2D eigenvalue weighted by Crippen LogP contribution is -2.12. The number of benzene rings is 1. The van der Waals surface area contributed by atoms with Crippen LogP contribution in [0.4, 0.5) is 5.69 Å². The number of hydrogen-bond acceptors (Lipinski definition) is 6. The Labute approximate surface area is 116 Å². The monoisotopic (exact) mass is 296 g/mol. The molecule has 8 heteroatoms. The van der Waals surface area contributed by atoms with Crippen molar-refractivity contribution >= 4 is 21.6 Å². The number of nitriles is 1. The summed E-state index contributed by atoms with van der Waals surface area (Å²) in [4.78, 5) is 9.59. The van der Waals surface area contributed by atoms with Gasteiger partial charge in [-0.1, -0.05) is 12.1 Å². The molecule has 0 N–H and O–H groups in total. The second-order valence-electron chi connectivity index (χ2n) is 3.78. The number of nitro groups is 1. The van der Waals surface area contributed by atoms with E-state index in [4.69, 9.17) is 5.26 Å². The summed E-state index contributed by atoms with van der Waals surface area (Å²) < 4.78 is 28.3. The molecule has 0 amide bonds. The largest absolute Gasteiger partial charge is 0.384 e. The molecule has 1 aromatic carbocycles. The quantitative estimate of drug-likeness (QED) is 0.447. The Balaban J connectivity index is 3.16. The summed E-state index contributed by atoms with van der Waals surface area (Å²) in [6.45, 7) is -0.0315. The average Bonchev–Trinajstić information content (AvgIpc) is 2.42. The molecule has 0 bridgehead atoms. The maximum absolute atomic E-state index is 11.8. The summed E-state index contributed by atoms with van der Waals surface area (Å²) in [7, 11) is -2.41. The van der Waals surface area contributed by atoms with Gasteiger partial charge >= 0.3 is 0 Å². The van der Waals surface area contributed by atoms with Gasteiger partial charge in [0.2, 0.25) is 0 Å². The van der Waals surface area contributed by atoms with Gasteiger partial charge in [-0.3, -0.25) is 10.1 Å². The highest BCUT2D eigenvalue weighted by Crippen LogP contribution is 2.18. The Morgan fingerprint density at radius 3 is 2.80 bits per heavy atom. The SMILES string of the molecule is COCCS(=O)(=O)C(C#N)=Cc1cccc([N+](=O)[O-])c1. The first-order chi connectivity index (χ1) is 9.40. The molecule has 0 aromatic heterocycles. The summed E-state index contributed by atoms with van der Waals surface area (Å²) in [5.41, 5.74) is 0.0991. The van der Waals surface area contributed by atoms with Crippen molar-refractivity contribution in [2.45, 2.75) is 0 Å². The van der Waals surface area contributed by atoms with E-state index in [1.54, 1.807) is 6.07 Å². The third-order valence-electron chi connectivity index (χ3n) is 2.38. The molecule has 0 aliphatic carbocycles. The van der Waals surface area contributed by atoms with Gasteiger partial charge in [-0.15, -0.1) is 0 Å². The molecule has 0 aliphatic heterocycles. The van der Waals surface area contributed by atoms with E-state index >= 15 is 0 Å². The molecule has 7 nitrogen and oxygen atoms in total. The molecule has 106 valence electrons. The number of rotatable bonds is 6. The molecular formula is C12H12N2O5S. The zero-order chi connectivity index (χ0) is 15.2. The van der Waals surface area contributed by atoms with Crippen molar-refractivity contribution < 1.29 is 18.1 Å². The molecule has 0 aliphatic rings. The summed E-state index contributed by atoms with van der Waals surface area (Å²) in [5.74, 6) is -0.322. The third kappa shape index (κ3) is 4.15. The molecule has 0 atom stereocenters. The van der Waals surface area contributed by atoms with E-state index in [0.717, 1.165) is 6.08 Å². The predicted molar refractivity (Wildman–Crippen MR) is 72.3 cm³/mol. The number of nitro benzene ring substituents is 1. The van der Waals surface area contributed by atoms with E-state index in [0.29, 0.717) is 0 Å². The topological polar surface area (TPSA) is 110 Å². The molecule has 0 radical (unpaired) electrons. The summed E-state index contributed by atoms with van der Waals surface area (Å²) in [6, 6.07) is 6.97. The molecule has 0 fully saturated rings. The maximum atomic E-state index is 11.8. The van der Waals surface area contributed by atoms with Crippen LogP contribution in [-0.4, -0.2) is 32.8 Å². The van der Waals surface area contributed by atoms with Crippen LogP contribution in [0.1, 0.15) is 5.56 Å². The zero-order valence-electron chi connectivity index (χ0n) is 10.6. The predicted octanol–water partition coefficient (Wildman–Crippen LogP) is 1.52. The summed E-state index contributed by atoms with van der Waals surface area (Å²) in [5, 5.41) is 19.6. The van der Waals surface area contributed by atoms with E-state index in [1.165, 1.54) is 31.4 Å². The van der Waals surface area contributed by atoms with Gasteiger partial charge in [0.15, 0.2) is 9.84 Å². The molecular weight excluding hydrogens is 284 g/mol. The van der Waals surface area contributed by atoms with Crippen LogP contribution in [0.25, 0.3) is 6.08 Å². The van der Waals surface area contributed by atoms with Gasteiger partial charge in [0.05, 0.1) is 17.3 Å². The maximum Gasteiger partial charge on any atom is 0.270 e. The smallest absolute Gasteiger partial charge is 0.270 e. The Bertz CT molecular complexity index is 673. The molecule has 1 aromatic rings. The van der Waals surface area contributed by atoms with Crippen LogP contribution in [0.3, 0.4) is 0 Å². The molecule has 0 heterocycles. The highest BCUT2D eigenvalue weighted by molar-refractivity contribution is 7.95. The Hall–Kier alpha value is -2.24. The van der Waals surface area contributed by atoms with E-state index in [2.05, 4.69) is 4.74 Å². The molecule has 1 rings (SSSR count). The van der Waals surface area contributed by atoms with Crippen molar-refractivity contribution in [3.8, 4) is 6.07 Å². The van der Waals surface area contributed by atoms with E-state index in [-0.39, 0.29) is 23.6 Å².